The third kappa shape index (κ3) is 3.09. The number of anilines is 1. The summed E-state index contributed by atoms with van der Waals surface area (Å²) in [5.41, 5.74) is 1.77. The molecule has 0 saturated heterocycles. The van der Waals surface area contributed by atoms with E-state index in [-0.39, 0.29) is 0 Å². The summed E-state index contributed by atoms with van der Waals surface area (Å²) in [6, 6.07) is 3.76. The number of rotatable bonds is 1. The van der Waals surface area contributed by atoms with Crippen molar-refractivity contribution in [2.24, 2.45) is 10.9 Å². The van der Waals surface area contributed by atoms with E-state index in [0.717, 1.165) is 28.7 Å². The molecule has 0 spiro atoms. The number of hydrogen-bond acceptors (Lipinski definition) is 3. The van der Waals surface area contributed by atoms with E-state index in [1.807, 2.05) is 19.1 Å². The molecule has 1 unspecified atom stereocenters. The normalized spacial score (nSPS) is 20.0. The van der Waals surface area contributed by atoms with Crippen LogP contribution in [0, 0.1) is 12.8 Å². The highest BCUT2D eigenvalue weighted by molar-refractivity contribution is 8.14. The van der Waals surface area contributed by atoms with Gasteiger partial charge in [0.05, 0.1) is 15.7 Å². The number of aliphatic imine (C=N–C) groups is 1. The Bertz CT molecular complexity index is 460. The summed E-state index contributed by atoms with van der Waals surface area (Å²) in [6.45, 7) is 5.01. The van der Waals surface area contributed by atoms with Gasteiger partial charge in [-0.2, -0.15) is 0 Å². The Morgan fingerprint density at radius 2 is 2.18 bits per heavy atom. The van der Waals surface area contributed by atoms with Crippen molar-refractivity contribution in [1.29, 1.82) is 0 Å². The summed E-state index contributed by atoms with van der Waals surface area (Å²) in [6.07, 6.45) is 0. The Morgan fingerprint density at radius 3 is 2.82 bits per heavy atom. The summed E-state index contributed by atoms with van der Waals surface area (Å²) in [5, 5.41) is 5.42. The Labute approximate surface area is 116 Å². The zero-order chi connectivity index (χ0) is 12.4. The summed E-state index contributed by atoms with van der Waals surface area (Å²) in [7, 11) is 0. The summed E-state index contributed by atoms with van der Waals surface area (Å²) in [5.74, 6) is 1.71. The van der Waals surface area contributed by atoms with E-state index in [9.17, 15) is 0 Å². The first kappa shape index (κ1) is 13.1. The standard InChI is InChI=1S/C12H14Cl2N2S/c1-7-5-15-12(17-6-7)16-11-9(13)4-3-8(2)10(11)14/h3-4,7H,5-6H2,1-2H3,(H,15,16). The van der Waals surface area contributed by atoms with E-state index in [1.165, 1.54) is 0 Å². The van der Waals surface area contributed by atoms with Crippen LogP contribution in [-0.4, -0.2) is 17.5 Å². The second kappa shape index (κ2) is 5.51. The van der Waals surface area contributed by atoms with Gasteiger partial charge >= 0.3 is 0 Å². The molecule has 1 aromatic rings. The van der Waals surface area contributed by atoms with Gasteiger partial charge in [-0.3, -0.25) is 4.99 Å². The molecule has 17 heavy (non-hydrogen) atoms. The number of halogens is 2. The number of hydrogen-bond donors (Lipinski definition) is 1. The molecule has 0 amide bonds. The maximum absolute atomic E-state index is 6.24. The highest BCUT2D eigenvalue weighted by Gasteiger charge is 2.15. The Balaban J connectivity index is 2.22. The SMILES string of the molecule is Cc1ccc(Cl)c(NC2=NCC(C)CS2)c1Cl. The maximum Gasteiger partial charge on any atom is 0.161 e. The lowest BCUT2D eigenvalue weighted by Crippen LogP contribution is -2.19. The Morgan fingerprint density at radius 1 is 1.41 bits per heavy atom. The zero-order valence-corrected chi connectivity index (χ0v) is 12.1. The van der Waals surface area contributed by atoms with Gasteiger partial charge in [0.1, 0.15) is 0 Å². The minimum absolute atomic E-state index is 0.627. The summed E-state index contributed by atoms with van der Waals surface area (Å²) in [4.78, 5) is 4.47. The molecule has 1 heterocycles. The fourth-order valence-corrected chi connectivity index (χ4v) is 2.87. The van der Waals surface area contributed by atoms with Gasteiger partial charge < -0.3 is 5.32 Å². The number of aryl methyl sites for hydroxylation is 1. The lowest BCUT2D eigenvalue weighted by Gasteiger charge is -2.19. The first-order valence-corrected chi connectivity index (χ1v) is 7.21. The zero-order valence-electron chi connectivity index (χ0n) is 9.76. The monoisotopic (exact) mass is 288 g/mol. The molecule has 1 atom stereocenters. The van der Waals surface area contributed by atoms with Crippen molar-refractivity contribution in [3.8, 4) is 0 Å². The van der Waals surface area contributed by atoms with E-state index in [0.29, 0.717) is 16.0 Å². The van der Waals surface area contributed by atoms with Crippen LogP contribution in [-0.2, 0) is 0 Å². The third-order valence-corrected chi connectivity index (χ3v) is 4.61. The average molecular weight is 289 g/mol. The second-order valence-electron chi connectivity index (χ2n) is 4.24. The van der Waals surface area contributed by atoms with Crippen LogP contribution < -0.4 is 5.32 Å². The molecule has 1 N–H and O–H groups in total. The Hall–Kier alpha value is -0.380. The maximum atomic E-state index is 6.24. The molecule has 0 aliphatic carbocycles. The minimum Gasteiger partial charge on any atom is -0.333 e. The van der Waals surface area contributed by atoms with Gasteiger partial charge in [-0.25, -0.2) is 0 Å². The smallest absolute Gasteiger partial charge is 0.161 e. The molecule has 5 heteroatoms. The van der Waals surface area contributed by atoms with E-state index < -0.39 is 0 Å². The van der Waals surface area contributed by atoms with E-state index in [2.05, 4.69) is 17.2 Å². The van der Waals surface area contributed by atoms with Gasteiger partial charge in [0.15, 0.2) is 5.17 Å². The first-order valence-electron chi connectivity index (χ1n) is 5.47. The molecule has 0 bridgehead atoms. The molecule has 0 aromatic heterocycles. The van der Waals surface area contributed by atoms with E-state index in [4.69, 9.17) is 23.2 Å². The van der Waals surface area contributed by atoms with Crippen molar-refractivity contribution in [2.45, 2.75) is 13.8 Å². The molecule has 1 aromatic carbocycles. The largest absolute Gasteiger partial charge is 0.333 e. The number of nitrogens with one attached hydrogen (secondary N) is 1. The Kier molecular flexibility index (Phi) is 4.23. The lowest BCUT2D eigenvalue weighted by atomic mass is 10.2. The summed E-state index contributed by atoms with van der Waals surface area (Å²) < 4.78 is 0. The number of amidine groups is 1. The topological polar surface area (TPSA) is 24.4 Å². The average Bonchev–Trinajstić information content (AvgIpc) is 2.32. The van der Waals surface area contributed by atoms with E-state index >= 15 is 0 Å². The van der Waals surface area contributed by atoms with Gasteiger partial charge in [0, 0.05) is 12.3 Å². The van der Waals surface area contributed by atoms with E-state index in [1.54, 1.807) is 11.8 Å². The van der Waals surface area contributed by atoms with Crippen LogP contribution in [0.1, 0.15) is 12.5 Å². The van der Waals surface area contributed by atoms with Gasteiger partial charge in [0.25, 0.3) is 0 Å². The molecule has 0 saturated carbocycles. The molecule has 2 rings (SSSR count). The molecule has 1 aliphatic heterocycles. The highest BCUT2D eigenvalue weighted by Crippen LogP contribution is 2.34. The van der Waals surface area contributed by atoms with Crippen LogP contribution in [0.5, 0.6) is 0 Å². The number of thioether (sulfide) groups is 1. The molecule has 2 nitrogen and oxygen atoms in total. The lowest BCUT2D eigenvalue weighted by molar-refractivity contribution is 0.674. The van der Waals surface area contributed by atoms with Gasteiger partial charge in [-0.1, -0.05) is 48.0 Å². The van der Waals surface area contributed by atoms with Crippen molar-refractivity contribution in [2.75, 3.05) is 17.6 Å². The number of nitrogens with zero attached hydrogens (tertiary/aromatic N) is 1. The van der Waals surface area contributed by atoms with Crippen molar-refractivity contribution < 1.29 is 0 Å². The van der Waals surface area contributed by atoms with Gasteiger partial charge in [-0.05, 0) is 24.5 Å². The minimum atomic E-state index is 0.627. The molecule has 1 aliphatic rings. The van der Waals surface area contributed by atoms with Crippen LogP contribution in [0.15, 0.2) is 17.1 Å². The molecule has 0 radical (unpaired) electrons. The molecular formula is C12H14Cl2N2S. The van der Waals surface area contributed by atoms with Crippen LogP contribution >= 0.6 is 35.0 Å². The van der Waals surface area contributed by atoms with Crippen molar-refractivity contribution in [1.82, 2.24) is 0 Å². The fraction of sp³-hybridized carbons (Fsp3) is 0.417. The van der Waals surface area contributed by atoms with Gasteiger partial charge in [0.2, 0.25) is 0 Å². The van der Waals surface area contributed by atoms with Crippen LogP contribution in [0.4, 0.5) is 5.69 Å². The second-order valence-corrected chi connectivity index (χ2v) is 6.03. The molecular weight excluding hydrogens is 275 g/mol. The first-order chi connectivity index (χ1) is 8.08. The predicted octanol–water partition coefficient (Wildman–Crippen LogP) is 4.45. The van der Waals surface area contributed by atoms with Crippen LogP contribution in [0.25, 0.3) is 0 Å². The molecule has 92 valence electrons. The fourth-order valence-electron chi connectivity index (χ4n) is 1.51. The van der Waals surface area contributed by atoms with Crippen LogP contribution in [0.3, 0.4) is 0 Å². The van der Waals surface area contributed by atoms with Gasteiger partial charge in [-0.15, -0.1) is 0 Å². The summed E-state index contributed by atoms with van der Waals surface area (Å²) >= 11 is 14.1. The van der Waals surface area contributed by atoms with Crippen molar-refractivity contribution in [3.05, 3.63) is 27.7 Å². The predicted molar refractivity (Wildman–Crippen MR) is 78.7 cm³/mol. The number of benzene rings is 1. The van der Waals surface area contributed by atoms with Crippen molar-refractivity contribution >= 4 is 45.8 Å². The van der Waals surface area contributed by atoms with Crippen LogP contribution in [0.2, 0.25) is 10.0 Å². The highest BCUT2D eigenvalue weighted by atomic mass is 35.5. The van der Waals surface area contributed by atoms with Crippen molar-refractivity contribution in [3.63, 3.8) is 0 Å². The third-order valence-electron chi connectivity index (χ3n) is 2.57. The quantitative estimate of drug-likeness (QED) is 0.825. The molecule has 0 fully saturated rings.